The Kier molecular flexibility index (Phi) is 4.96. The van der Waals surface area contributed by atoms with E-state index < -0.39 is 0 Å². The molecular formula is C18H17BrN4O. The average molecular weight is 385 g/mol. The maximum absolute atomic E-state index is 6.14. The zero-order valence-electron chi connectivity index (χ0n) is 13.2. The fraction of sp³-hybridized carbons (Fsp3) is 0.111. The van der Waals surface area contributed by atoms with Crippen molar-refractivity contribution in [3.05, 3.63) is 64.9 Å². The van der Waals surface area contributed by atoms with E-state index in [1.54, 1.807) is 0 Å². The molecule has 1 aromatic heterocycles. The molecule has 0 bridgehead atoms. The first kappa shape index (κ1) is 16.3. The van der Waals surface area contributed by atoms with Gasteiger partial charge in [-0.2, -0.15) is 4.98 Å². The fourth-order valence-electron chi connectivity index (χ4n) is 2.14. The number of hydrogen-bond donors (Lipinski definition) is 2. The predicted molar refractivity (Wildman–Crippen MR) is 99.8 cm³/mol. The zero-order chi connectivity index (χ0) is 16.9. The number of benzene rings is 2. The normalized spacial score (nSPS) is 10.4. The number of aromatic nitrogens is 2. The fourth-order valence-corrected chi connectivity index (χ4v) is 2.40. The predicted octanol–water partition coefficient (Wildman–Crippen LogP) is 4.92. The number of ether oxygens (including phenoxy) is 1. The van der Waals surface area contributed by atoms with Crippen LogP contribution in [0.4, 0.5) is 17.2 Å². The third-order valence-corrected chi connectivity index (χ3v) is 4.03. The van der Waals surface area contributed by atoms with Gasteiger partial charge in [0.15, 0.2) is 5.82 Å². The summed E-state index contributed by atoms with van der Waals surface area (Å²) in [4.78, 5) is 8.31. The maximum Gasteiger partial charge on any atom is 0.248 e. The van der Waals surface area contributed by atoms with Crippen molar-refractivity contribution in [2.24, 2.45) is 0 Å². The Hall–Kier alpha value is -2.60. The number of aryl methyl sites for hydroxylation is 1. The summed E-state index contributed by atoms with van der Waals surface area (Å²) in [6.45, 7) is 2.11. The van der Waals surface area contributed by atoms with Crippen LogP contribution in [0.15, 0.2) is 59.3 Å². The molecule has 3 aromatic rings. The Bertz CT molecular complexity index is 819. The lowest BCUT2D eigenvalue weighted by Crippen LogP contribution is -2.03. The van der Waals surface area contributed by atoms with Crippen LogP contribution in [0, 0.1) is 0 Å². The van der Waals surface area contributed by atoms with Gasteiger partial charge in [0, 0.05) is 10.2 Å². The highest BCUT2D eigenvalue weighted by atomic mass is 79.9. The topological polar surface area (TPSA) is 73.1 Å². The monoisotopic (exact) mass is 384 g/mol. The van der Waals surface area contributed by atoms with Gasteiger partial charge in [0.25, 0.3) is 0 Å². The molecule has 3 rings (SSSR count). The molecule has 3 N–H and O–H groups in total. The van der Waals surface area contributed by atoms with Gasteiger partial charge < -0.3 is 15.8 Å². The van der Waals surface area contributed by atoms with Crippen LogP contribution in [0.1, 0.15) is 12.5 Å². The number of nitrogen functional groups attached to an aromatic ring is 1. The summed E-state index contributed by atoms with van der Waals surface area (Å²) in [5.74, 6) is 1.52. The van der Waals surface area contributed by atoms with Gasteiger partial charge >= 0.3 is 0 Å². The first-order chi connectivity index (χ1) is 11.7. The molecule has 0 unspecified atom stereocenters. The molecule has 1 heterocycles. The third kappa shape index (κ3) is 3.83. The molecule has 6 heteroatoms. The molecule has 0 fully saturated rings. The van der Waals surface area contributed by atoms with Crippen molar-refractivity contribution in [1.82, 2.24) is 9.97 Å². The smallest absolute Gasteiger partial charge is 0.248 e. The Morgan fingerprint density at radius 2 is 1.75 bits per heavy atom. The van der Waals surface area contributed by atoms with Gasteiger partial charge in [0.1, 0.15) is 17.8 Å². The molecule has 5 nitrogen and oxygen atoms in total. The number of halogens is 1. The Balaban J connectivity index is 1.80. The van der Waals surface area contributed by atoms with Gasteiger partial charge in [-0.1, -0.05) is 35.0 Å². The lowest BCUT2D eigenvalue weighted by atomic mass is 10.2. The van der Waals surface area contributed by atoms with E-state index >= 15 is 0 Å². The molecule has 0 atom stereocenters. The zero-order valence-corrected chi connectivity index (χ0v) is 14.7. The number of hydrogen-bond acceptors (Lipinski definition) is 5. The largest absolute Gasteiger partial charge is 0.437 e. The first-order valence-corrected chi connectivity index (χ1v) is 8.35. The SMILES string of the molecule is CCc1ccc(Oc2ncnc(Nc3ccc(Br)cc3)c2N)cc1. The highest BCUT2D eigenvalue weighted by Gasteiger charge is 2.10. The van der Waals surface area contributed by atoms with E-state index in [9.17, 15) is 0 Å². The summed E-state index contributed by atoms with van der Waals surface area (Å²) < 4.78 is 6.79. The van der Waals surface area contributed by atoms with E-state index in [2.05, 4.69) is 38.1 Å². The van der Waals surface area contributed by atoms with Gasteiger partial charge in [0.2, 0.25) is 5.88 Å². The second-order valence-electron chi connectivity index (χ2n) is 5.17. The first-order valence-electron chi connectivity index (χ1n) is 7.55. The van der Waals surface area contributed by atoms with Crippen molar-refractivity contribution >= 4 is 33.1 Å². The lowest BCUT2D eigenvalue weighted by Gasteiger charge is -2.12. The number of nitrogens with zero attached hydrogens (tertiary/aromatic N) is 2. The minimum Gasteiger partial charge on any atom is -0.437 e. The summed E-state index contributed by atoms with van der Waals surface area (Å²) in [5.41, 5.74) is 8.63. The number of nitrogens with two attached hydrogens (primary N) is 1. The molecule has 0 amide bonds. The Morgan fingerprint density at radius 3 is 2.42 bits per heavy atom. The summed E-state index contributed by atoms with van der Waals surface area (Å²) >= 11 is 3.41. The van der Waals surface area contributed by atoms with E-state index in [1.807, 2.05) is 48.5 Å². The second kappa shape index (κ2) is 7.31. The van der Waals surface area contributed by atoms with E-state index in [0.717, 1.165) is 16.6 Å². The van der Waals surface area contributed by atoms with Gasteiger partial charge in [0.05, 0.1) is 0 Å². The lowest BCUT2D eigenvalue weighted by molar-refractivity contribution is 0.464. The van der Waals surface area contributed by atoms with E-state index in [4.69, 9.17) is 10.5 Å². The highest BCUT2D eigenvalue weighted by molar-refractivity contribution is 9.10. The van der Waals surface area contributed by atoms with Gasteiger partial charge in [-0.15, -0.1) is 0 Å². The van der Waals surface area contributed by atoms with Crippen LogP contribution in [-0.4, -0.2) is 9.97 Å². The van der Waals surface area contributed by atoms with Crippen molar-refractivity contribution in [1.29, 1.82) is 0 Å². The van der Waals surface area contributed by atoms with E-state index in [-0.39, 0.29) is 0 Å². The van der Waals surface area contributed by atoms with Crippen molar-refractivity contribution < 1.29 is 4.74 Å². The molecule has 24 heavy (non-hydrogen) atoms. The third-order valence-electron chi connectivity index (χ3n) is 3.50. The molecule has 0 aliphatic carbocycles. The van der Waals surface area contributed by atoms with Crippen molar-refractivity contribution in [3.8, 4) is 11.6 Å². The quantitative estimate of drug-likeness (QED) is 0.652. The molecule has 0 aliphatic rings. The van der Waals surface area contributed by atoms with Crippen molar-refractivity contribution in [2.75, 3.05) is 11.1 Å². The second-order valence-corrected chi connectivity index (χ2v) is 6.09. The Labute approximate surface area is 149 Å². The standard InChI is InChI=1S/C18H17BrN4O/c1-2-12-3-9-15(10-4-12)24-18-16(20)17(21-11-22-18)23-14-7-5-13(19)6-8-14/h3-11H,2,20H2,1H3,(H,21,22,23). The molecule has 0 saturated heterocycles. The maximum atomic E-state index is 6.14. The van der Waals surface area contributed by atoms with E-state index in [1.165, 1.54) is 11.9 Å². The van der Waals surface area contributed by atoms with E-state index in [0.29, 0.717) is 23.1 Å². The van der Waals surface area contributed by atoms with Gasteiger partial charge in [-0.3, -0.25) is 0 Å². The molecule has 2 aromatic carbocycles. The van der Waals surface area contributed by atoms with Crippen LogP contribution in [0.3, 0.4) is 0 Å². The summed E-state index contributed by atoms with van der Waals surface area (Å²) in [6, 6.07) is 15.6. The van der Waals surface area contributed by atoms with Crippen LogP contribution >= 0.6 is 15.9 Å². The molecule has 0 radical (unpaired) electrons. The molecule has 122 valence electrons. The van der Waals surface area contributed by atoms with Gasteiger partial charge in [-0.25, -0.2) is 4.98 Å². The average Bonchev–Trinajstić information content (AvgIpc) is 2.61. The molecular weight excluding hydrogens is 368 g/mol. The minimum atomic E-state index is 0.328. The van der Waals surface area contributed by atoms with Crippen LogP contribution in [-0.2, 0) is 6.42 Å². The molecule has 0 saturated carbocycles. The summed E-state index contributed by atoms with van der Waals surface area (Å²) in [6.07, 6.45) is 2.41. The van der Waals surface area contributed by atoms with Crippen LogP contribution < -0.4 is 15.8 Å². The molecule has 0 spiro atoms. The van der Waals surface area contributed by atoms with Gasteiger partial charge in [-0.05, 0) is 48.4 Å². The van der Waals surface area contributed by atoms with Crippen molar-refractivity contribution in [3.63, 3.8) is 0 Å². The summed E-state index contributed by atoms with van der Waals surface area (Å²) in [5, 5.41) is 3.17. The van der Waals surface area contributed by atoms with Crippen LogP contribution in [0.5, 0.6) is 11.6 Å². The number of anilines is 3. The number of nitrogens with one attached hydrogen (secondary N) is 1. The highest BCUT2D eigenvalue weighted by Crippen LogP contribution is 2.31. The minimum absolute atomic E-state index is 0.328. The summed E-state index contributed by atoms with van der Waals surface area (Å²) in [7, 11) is 0. The Morgan fingerprint density at radius 1 is 1.04 bits per heavy atom. The van der Waals surface area contributed by atoms with Crippen LogP contribution in [0.2, 0.25) is 0 Å². The number of rotatable bonds is 5. The van der Waals surface area contributed by atoms with Crippen LogP contribution in [0.25, 0.3) is 0 Å². The van der Waals surface area contributed by atoms with Crippen molar-refractivity contribution in [2.45, 2.75) is 13.3 Å². The molecule has 0 aliphatic heterocycles.